The third kappa shape index (κ3) is 3.00. The van der Waals surface area contributed by atoms with E-state index in [1.165, 1.54) is 30.3 Å². The Morgan fingerprint density at radius 1 is 1.24 bits per heavy atom. The molecule has 0 spiro atoms. The van der Waals surface area contributed by atoms with E-state index in [0.29, 0.717) is 0 Å². The van der Waals surface area contributed by atoms with E-state index in [1.807, 2.05) is 0 Å². The van der Waals surface area contributed by atoms with Crippen LogP contribution in [0.4, 0.5) is 13.2 Å². The first-order chi connectivity index (χ1) is 11.8. The number of rotatable bonds is 3. The maximum absolute atomic E-state index is 13.2. The molecule has 6 nitrogen and oxygen atoms in total. The molecule has 0 bridgehead atoms. The summed E-state index contributed by atoms with van der Waals surface area (Å²) in [5.74, 6) is -1.48. The molecule has 1 N–H and O–H groups in total. The van der Waals surface area contributed by atoms with Crippen molar-refractivity contribution in [3.63, 3.8) is 0 Å². The van der Waals surface area contributed by atoms with Crippen LogP contribution in [-0.2, 0) is 10.9 Å². The first-order valence-corrected chi connectivity index (χ1v) is 7.25. The number of fused-ring (bicyclic) bond motifs is 1. The van der Waals surface area contributed by atoms with E-state index < -0.39 is 23.6 Å². The molecule has 3 rings (SSSR count). The lowest BCUT2D eigenvalue weighted by Crippen LogP contribution is -2.11. The molecule has 9 heteroatoms. The monoisotopic (exact) mass is 351 g/mol. The van der Waals surface area contributed by atoms with Crippen LogP contribution < -0.4 is 0 Å². The lowest BCUT2D eigenvalue weighted by Gasteiger charge is -2.12. The SMILES string of the molecule is CCOC(=O)c1c(O)nc2ccc(-c3ccccc3C(F)(F)F)nn12. The second-order valence-electron chi connectivity index (χ2n) is 5.04. The quantitative estimate of drug-likeness (QED) is 0.733. The predicted octanol–water partition coefficient (Wildman–Crippen LogP) is 3.30. The summed E-state index contributed by atoms with van der Waals surface area (Å²) in [6.07, 6.45) is -4.56. The highest BCUT2D eigenvalue weighted by Crippen LogP contribution is 2.36. The van der Waals surface area contributed by atoms with E-state index in [4.69, 9.17) is 4.74 Å². The second-order valence-corrected chi connectivity index (χ2v) is 5.04. The van der Waals surface area contributed by atoms with Gasteiger partial charge in [0.1, 0.15) is 0 Å². The minimum Gasteiger partial charge on any atom is -0.491 e. The van der Waals surface area contributed by atoms with Crippen molar-refractivity contribution in [2.24, 2.45) is 0 Å². The van der Waals surface area contributed by atoms with E-state index in [9.17, 15) is 23.1 Å². The van der Waals surface area contributed by atoms with Crippen molar-refractivity contribution in [1.29, 1.82) is 0 Å². The van der Waals surface area contributed by atoms with Gasteiger partial charge in [-0.1, -0.05) is 18.2 Å². The number of aromatic nitrogens is 3. The van der Waals surface area contributed by atoms with Crippen molar-refractivity contribution in [3.05, 3.63) is 47.7 Å². The van der Waals surface area contributed by atoms with Gasteiger partial charge in [0.2, 0.25) is 11.6 Å². The summed E-state index contributed by atoms with van der Waals surface area (Å²) in [7, 11) is 0. The highest BCUT2D eigenvalue weighted by molar-refractivity contribution is 5.91. The van der Waals surface area contributed by atoms with Gasteiger partial charge < -0.3 is 9.84 Å². The number of aromatic hydroxyl groups is 1. The Balaban J connectivity index is 2.21. The number of carbonyl (C=O) groups is 1. The van der Waals surface area contributed by atoms with Gasteiger partial charge in [0.05, 0.1) is 17.9 Å². The minimum atomic E-state index is -4.56. The average Bonchev–Trinajstić information content (AvgIpc) is 2.89. The Labute approximate surface area is 139 Å². The molecule has 0 saturated heterocycles. The summed E-state index contributed by atoms with van der Waals surface area (Å²) in [6.45, 7) is 1.64. The molecule has 0 aliphatic carbocycles. The first kappa shape index (κ1) is 16.7. The molecular weight excluding hydrogens is 339 g/mol. The van der Waals surface area contributed by atoms with E-state index in [0.717, 1.165) is 10.6 Å². The highest BCUT2D eigenvalue weighted by Gasteiger charge is 2.34. The van der Waals surface area contributed by atoms with Crippen molar-refractivity contribution < 1.29 is 27.8 Å². The van der Waals surface area contributed by atoms with Gasteiger partial charge in [-0.2, -0.15) is 23.3 Å². The zero-order valence-electron chi connectivity index (χ0n) is 12.9. The number of esters is 1. The van der Waals surface area contributed by atoms with Crippen LogP contribution in [0.1, 0.15) is 23.0 Å². The van der Waals surface area contributed by atoms with Crippen LogP contribution in [0.2, 0.25) is 0 Å². The summed E-state index contributed by atoms with van der Waals surface area (Å²) in [6, 6.07) is 7.64. The van der Waals surface area contributed by atoms with Gasteiger partial charge in [-0.05, 0) is 25.1 Å². The van der Waals surface area contributed by atoms with Crippen LogP contribution >= 0.6 is 0 Å². The molecule has 2 heterocycles. The molecule has 0 aliphatic rings. The van der Waals surface area contributed by atoms with Crippen molar-refractivity contribution in [1.82, 2.24) is 14.6 Å². The van der Waals surface area contributed by atoms with Crippen molar-refractivity contribution in [2.45, 2.75) is 13.1 Å². The van der Waals surface area contributed by atoms with Crippen molar-refractivity contribution in [2.75, 3.05) is 6.61 Å². The van der Waals surface area contributed by atoms with Gasteiger partial charge in [-0.15, -0.1) is 0 Å². The molecule has 0 amide bonds. The normalized spacial score (nSPS) is 11.7. The zero-order valence-corrected chi connectivity index (χ0v) is 12.9. The second kappa shape index (κ2) is 6.08. The molecular formula is C16H12F3N3O3. The number of ether oxygens (including phenoxy) is 1. The third-order valence-corrected chi connectivity index (χ3v) is 3.44. The van der Waals surface area contributed by atoms with Crippen LogP contribution in [0.15, 0.2) is 36.4 Å². The van der Waals surface area contributed by atoms with Gasteiger partial charge in [-0.3, -0.25) is 0 Å². The standard InChI is InChI=1S/C16H12F3N3O3/c1-2-25-15(24)13-14(23)20-12-8-7-11(21-22(12)13)9-5-3-4-6-10(9)16(17,18)19/h3-8,23H,2H2,1H3. The number of hydrogen-bond donors (Lipinski definition) is 1. The zero-order chi connectivity index (χ0) is 18.2. The van der Waals surface area contributed by atoms with Gasteiger partial charge in [-0.25, -0.2) is 9.31 Å². The summed E-state index contributed by atoms with van der Waals surface area (Å²) in [4.78, 5) is 15.7. The highest BCUT2D eigenvalue weighted by atomic mass is 19.4. The lowest BCUT2D eigenvalue weighted by atomic mass is 10.0. The smallest absolute Gasteiger partial charge is 0.417 e. The third-order valence-electron chi connectivity index (χ3n) is 3.44. The molecule has 3 aromatic rings. The Hall–Kier alpha value is -3.10. The number of benzene rings is 1. The maximum Gasteiger partial charge on any atom is 0.417 e. The molecule has 0 atom stereocenters. The summed E-state index contributed by atoms with van der Waals surface area (Å²) < 4.78 is 45.4. The van der Waals surface area contributed by atoms with E-state index in [-0.39, 0.29) is 29.2 Å². The molecule has 0 saturated carbocycles. The Morgan fingerprint density at radius 3 is 2.64 bits per heavy atom. The minimum absolute atomic E-state index is 0.0247. The molecule has 0 unspecified atom stereocenters. The van der Waals surface area contributed by atoms with Gasteiger partial charge >= 0.3 is 12.1 Å². The van der Waals surface area contributed by atoms with Crippen LogP contribution in [0.5, 0.6) is 5.88 Å². The molecule has 1 aromatic carbocycles. The van der Waals surface area contributed by atoms with Crippen LogP contribution in [0, 0.1) is 0 Å². The van der Waals surface area contributed by atoms with Gasteiger partial charge in [0.25, 0.3) is 0 Å². The predicted molar refractivity (Wildman–Crippen MR) is 81.0 cm³/mol. The van der Waals surface area contributed by atoms with Crippen molar-refractivity contribution in [3.8, 4) is 17.1 Å². The van der Waals surface area contributed by atoms with Gasteiger partial charge in [0.15, 0.2) is 5.65 Å². The maximum atomic E-state index is 13.2. The van der Waals surface area contributed by atoms with Crippen LogP contribution in [0.3, 0.4) is 0 Å². The fourth-order valence-corrected chi connectivity index (χ4v) is 2.40. The summed E-state index contributed by atoms with van der Waals surface area (Å²) in [5, 5.41) is 13.9. The Bertz CT molecular complexity index is 951. The van der Waals surface area contributed by atoms with Crippen LogP contribution in [-0.4, -0.2) is 32.3 Å². The summed E-state index contributed by atoms with van der Waals surface area (Å²) in [5.41, 5.74) is -1.27. The van der Waals surface area contributed by atoms with E-state index in [2.05, 4.69) is 10.1 Å². The first-order valence-electron chi connectivity index (χ1n) is 7.25. The Morgan fingerprint density at radius 2 is 1.96 bits per heavy atom. The average molecular weight is 351 g/mol. The number of nitrogens with zero attached hydrogens (tertiary/aromatic N) is 3. The number of alkyl halides is 3. The molecule has 0 radical (unpaired) electrons. The van der Waals surface area contributed by atoms with E-state index in [1.54, 1.807) is 6.92 Å². The van der Waals surface area contributed by atoms with Crippen LogP contribution in [0.25, 0.3) is 16.9 Å². The number of hydrogen-bond acceptors (Lipinski definition) is 5. The van der Waals surface area contributed by atoms with Crippen molar-refractivity contribution >= 4 is 11.6 Å². The molecule has 130 valence electrons. The lowest BCUT2D eigenvalue weighted by molar-refractivity contribution is -0.137. The topological polar surface area (TPSA) is 76.7 Å². The summed E-state index contributed by atoms with van der Waals surface area (Å²) >= 11 is 0. The molecule has 2 aromatic heterocycles. The van der Waals surface area contributed by atoms with Gasteiger partial charge in [0, 0.05) is 5.56 Å². The molecule has 25 heavy (non-hydrogen) atoms. The largest absolute Gasteiger partial charge is 0.491 e. The fourth-order valence-electron chi connectivity index (χ4n) is 2.40. The van der Waals surface area contributed by atoms with E-state index >= 15 is 0 Å². The molecule has 0 fully saturated rings. The molecule has 0 aliphatic heterocycles. The fraction of sp³-hybridized carbons (Fsp3) is 0.188. The number of carbonyl (C=O) groups excluding carboxylic acids is 1. The Kier molecular flexibility index (Phi) is 4.07. The number of halogens is 3. The number of imidazole rings is 1.